The number of pyridine rings is 1. The van der Waals surface area contributed by atoms with E-state index in [-0.39, 0.29) is 40.9 Å². The number of aromatic carboxylic acids is 1. The van der Waals surface area contributed by atoms with Crippen molar-refractivity contribution in [1.29, 1.82) is 0 Å². The van der Waals surface area contributed by atoms with Crippen LogP contribution in [0.4, 0.5) is 0 Å². The van der Waals surface area contributed by atoms with Gasteiger partial charge in [-0.15, -0.1) is 11.8 Å². The summed E-state index contributed by atoms with van der Waals surface area (Å²) in [6.07, 6.45) is 0. The number of carboxylic acid groups (broad SMARTS) is 2. The molecule has 102 valence electrons. The molecule has 1 aromatic rings. The summed E-state index contributed by atoms with van der Waals surface area (Å²) in [5, 5.41) is 18.0. The van der Waals surface area contributed by atoms with E-state index in [0.29, 0.717) is 5.03 Å². The van der Waals surface area contributed by atoms with Crippen LogP contribution in [0, 0.1) is 0 Å². The predicted octanol–water partition coefficient (Wildman–Crippen LogP) is -3.43. The smallest absolute Gasteiger partial charge is 0.597 e. The van der Waals surface area contributed by atoms with Gasteiger partial charge in [0.05, 0.1) is 10.6 Å². The number of thioether (sulfide) groups is 1. The molecule has 0 spiro atoms. The minimum atomic E-state index is -1.42. The van der Waals surface area contributed by atoms with E-state index < -0.39 is 32.2 Å². The van der Waals surface area contributed by atoms with Gasteiger partial charge in [0.25, 0.3) is 14.2 Å². The molecule has 1 aliphatic heterocycles. The average Bonchev–Trinajstić information content (AvgIpc) is 2.74. The Kier molecular flexibility index (Phi) is 8.26. The van der Waals surface area contributed by atoms with Gasteiger partial charge in [-0.05, 0) is 6.07 Å². The number of hydrogen-bond acceptors (Lipinski definition) is 6. The number of aromatic nitrogens is 1. The normalized spacial score (nSPS) is 15.6. The Morgan fingerprint density at radius 3 is 2.40 bits per heavy atom. The van der Waals surface area contributed by atoms with Crippen molar-refractivity contribution in [3.63, 3.8) is 0 Å². The van der Waals surface area contributed by atoms with E-state index in [4.69, 9.17) is 19.7 Å². The molecule has 0 fully saturated rings. The summed E-state index contributed by atoms with van der Waals surface area (Å²) in [6, 6.07) is 1.35. The molecule has 2 heterocycles. The fourth-order valence-corrected chi connectivity index (χ4v) is 2.70. The van der Waals surface area contributed by atoms with Gasteiger partial charge in [0.1, 0.15) is 6.04 Å². The van der Waals surface area contributed by atoms with Crippen LogP contribution in [0.1, 0.15) is 16.4 Å². The Morgan fingerprint density at radius 2 is 1.95 bits per heavy atom. The van der Waals surface area contributed by atoms with Gasteiger partial charge in [0, 0.05) is 11.8 Å². The minimum absolute atomic E-state index is 0. The SMILES string of the molecule is O=C(O)c1cc2n(c(=O)c1)[C@@H](C(=O)O)CS2.O=[PH+][O-].[Na+]. The van der Waals surface area contributed by atoms with Gasteiger partial charge in [-0.1, -0.05) is 4.57 Å². The van der Waals surface area contributed by atoms with Gasteiger partial charge in [-0.25, -0.2) is 9.59 Å². The van der Waals surface area contributed by atoms with Crippen LogP contribution in [-0.2, 0) is 9.36 Å². The Balaban J connectivity index is 0.000000830. The van der Waals surface area contributed by atoms with Crippen LogP contribution < -0.4 is 40.0 Å². The molecule has 1 aliphatic rings. The Labute approximate surface area is 140 Å². The molecule has 0 bridgehead atoms. The molecule has 0 saturated heterocycles. The number of fused-ring (bicyclic) bond motifs is 1. The van der Waals surface area contributed by atoms with Gasteiger partial charge in [-0.3, -0.25) is 9.36 Å². The molecule has 0 saturated carbocycles. The molecule has 8 nitrogen and oxygen atoms in total. The Hall–Kier alpha value is -0.700. The fraction of sp³-hybridized carbons (Fsp3) is 0.222. The molecular weight excluding hydrogens is 320 g/mol. The molecule has 0 aromatic carbocycles. The van der Waals surface area contributed by atoms with Crippen LogP contribution in [0.2, 0.25) is 0 Å². The largest absolute Gasteiger partial charge is 1.00 e. The number of carbonyl (C=O) groups is 2. The quantitative estimate of drug-likeness (QED) is 0.423. The molecule has 2 N–H and O–H groups in total. The van der Waals surface area contributed by atoms with E-state index in [1.165, 1.54) is 17.8 Å². The standard InChI is InChI=1S/C9H7NO5S.Na.HO2P/c11-6-1-4(8(12)13)2-7-10(6)5(3-16-7)9(14)15;;1-3-2/h1-2,5H,3H2,(H,12,13)(H,14,15);;3H/q;+1;/t5-;;/m1../s1. The van der Waals surface area contributed by atoms with Gasteiger partial charge in [0.2, 0.25) is 0 Å². The van der Waals surface area contributed by atoms with Crippen molar-refractivity contribution in [2.75, 3.05) is 5.75 Å². The van der Waals surface area contributed by atoms with Crippen molar-refractivity contribution in [2.45, 2.75) is 11.1 Å². The second-order valence-corrected chi connectivity index (χ2v) is 4.55. The van der Waals surface area contributed by atoms with Crippen molar-refractivity contribution in [2.24, 2.45) is 0 Å². The molecule has 2 rings (SSSR count). The van der Waals surface area contributed by atoms with Crippen LogP contribution in [0.3, 0.4) is 0 Å². The summed E-state index contributed by atoms with van der Waals surface area (Å²) in [4.78, 5) is 41.5. The summed E-state index contributed by atoms with van der Waals surface area (Å²) in [7, 11) is -1.42. The van der Waals surface area contributed by atoms with Gasteiger partial charge in [0.15, 0.2) is 0 Å². The van der Waals surface area contributed by atoms with Crippen LogP contribution in [0.25, 0.3) is 0 Å². The molecule has 2 atom stereocenters. The minimum Gasteiger partial charge on any atom is -0.597 e. The summed E-state index contributed by atoms with van der Waals surface area (Å²) in [6.45, 7) is 0. The Morgan fingerprint density at radius 1 is 1.40 bits per heavy atom. The first-order valence-electron chi connectivity index (χ1n) is 4.77. The van der Waals surface area contributed by atoms with E-state index in [1.54, 1.807) is 0 Å². The van der Waals surface area contributed by atoms with Crippen molar-refractivity contribution < 1.29 is 58.8 Å². The maximum atomic E-state index is 11.6. The maximum Gasteiger partial charge on any atom is 1.00 e. The summed E-state index contributed by atoms with van der Waals surface area (Å²) in [5.41, 5.74) is -0.706. The number of hydrogen-bond donors (Lipinski definition) is 2. The van der Waals surface area contributed by atoms with E-state index in [0.717, 1.165) is 10.6 Å². The third-order valence-corrected chi connectivity index (χ3v) is 3.36. The molecule has 20 heavy (non-hydrogen) atoms. The second kappa shape index (κ2) is 8.56. The van der Waals surface area contributed by atoms with Crippen molar-refractivity contribution in [1.82, 2.24) is 4.57 Å². The van der Waals surface area contributed by atoms with Crippen LogP contribution in [0.15, 0.2) is 22.0 Å². The van der Waals surface area contributed by atoms with Gasteiger partial charge in [-0.2, -0.15) is 0 Å². The summed E-state index contributed by atoms with van der Waals surface area (Å²) < 4.78 is 9.51. The van der Waals surface area contributed by atoms with Crippen LogP contribution in [0.5, 0.6) is 0 Å². The zero-order valence-corrected chi connectivity index (χ0v) is 14.0. The van der Waals surface area contributed by atoms with Gasteiger partial charge >= 0.3 is 41.5 Å². The third-order valence-electron chi connectivity index (χ3n) is 2.27. The van der Waals surface area contributed by atoms with Crippen molar-refractivity contribution in [3.05, 3.63) is 28.0 Å². The molecular formula is C9H8NNaO7PS+. The molecule has 0 amide bonds. The first-order chi connectivity index (χ1) is 8.92. The van der Waals surface area contributed by atoms with E-state index in [1.807, 2.05) is 0 Å². The molecule has 0 aliphatic carbocycles. The van der Waals surface area contributed by atoms with Crippen molar-refractivity contribution >= 4 is 32.4 Å². The number of rotatable bonds is 2. The fourth-order valence-electron chi connectivity index (χ4n) is 1.52. The molecule has 1 aromatic heterocycles. The number of aliphatic carboxylic acids is 1. The Bertz CT molecular complexity index is 590. The summed E-state index contributed by atoms with van der Waals surface area (Å²) >= 11 is 1.17. The van der Waals surface area contributed by atoms with E-state index >= 15 is 0 Å². The first kappa shape index (κ1) is 19.3. The monoisotopic (exact) mass is 328 g/mol. The average molecular weight is 328 g/mol. The molecule has 11 heteroatoms. The number of nitrogens with zero attached hydrogens (tertiary/aromatic N) is 1. The number of carboxylic acids is 2. The first-order valence-corrected chi connectivity index (χ1v) is 6.57. The van der Waals surface area contributed by atoms with Crippen molar-refractivity contribution in [3.8, 4) is 0 Å². The zero-order chi connectivity index (χ0) is 14.6. The summed E-state index contributed by atoms with van der Waals surface area (Å²) in [5.74, 6) is -2.04. The second-order valence-electron chi connectivity index (χ2n) is 3.34. The molecule has 1 unspecified atom stereocenters. The van der Waals surface area contributed by atoms with E-state index in [9.17, 15) is 14.4 Å². The van der Waals surface area contributed by atoms with Crippen LogP contribution in [-0.4, -0.2) is 32.5 Å². The third kappa shape index (κ3) is 4.41. The maximum absolute atomic E-state index is 11.6. The zero-order valence-electron chi connectivity index (χ0n) is 10.2. The van der Waals surface area contributed by atoms with Gasteiger partial charge < -0.3 is 15.1 Å². The van der Waals surface area contributed by atoms with E-state index in [2.05, 4.69) is 0 Å². The molecule has 0 radical (unpaired) electrons. The van der Waals surface area contributed by atoms with Crippen LogP contribution >= 0.6 is 20.4 Å². The predicted molar refractivity (Wildman–Crippen MR) is 64.1 cm³/mol. The topological polar surface area (TPSA) is 137 Å².